The number of fused-ring (bicyclic) bond motifs is 2. The summed E-state index contributed by atoms with van der Waals surface area (Å²) in [5.74, 6) is -0.621. The lowest BCUT2D eigenvalue weighted by atomic mass is 9.91. The molecule has 0 saturated carbocycles. The third-order valence-corrected chi connectivity index (χ3v) is 13.5. The van der Waals surface area contributed by atoms with Gasteiger partial charge in [-0.25, -0.2) is 14.0 Å². The van der Waals surface area contributed by atoms with E-state index in [0.29, 0.717) is 12.1 Å². The average Bonchev–Trinajstić information content (AvgIpc) is 3.59. The number of H-pyrrole nitrogens is 1. The van der Waals surface area contributed by atoms with Gasteiger partial charge in [-0.15, -0.1) is 0 Å². The van der Waals surface area contributed by atoms with Crippen molar-refractivity contribution in [3.63, 3.8) is 0 Å². The molecule has 1 N–H and O–H groups in total. The van der Waals surface area contributed by atoms with E-state index in [4.69, 9.17) is 13.9 Å². The van der Waals surface area contributed by atoms with E-state index in [2.05, 4.69) is 38.8 Å². The van der Waals surface area contributed by atoms with E-state index in [0.717, 1.165) is 16.5 Å². The van der Waals surface area contributed by atoms with Crippen molar-refractivity contribution in [2.45, 2.75) is 96.0 Å². The summed E-state index contributed by atoms with van der Waals surface area (Å²) in [7, 11) is -2.32. The number of halogens is 1. The van der Waals surface area contributed by atoms with Crippen LogP contribution in [0, 0.1) is 5.82 Å². The number of amides is 2. The van der Waals surface area contributed by atoms with Crippen molar-refractivity contribution < 1.29 is 27.9 Å². The summed E-state index contributed by atoms with van der Waals surface area (Å²) >= 11 is 0. The molecule has 0 unspecified atom stereocenters. The molecule has 43 heavy (non-hydrogen) atoms. The molecule has 2 aliphatic heterocycles. The Kier molecular flexibility index (Phi) is 8.15. The molecule has 232 valence electrons. The van der Waals surface area contributed by atoms with Gasteiger partial charge in [0.1, 0.15) is 18.0 Å². The molecule has 2 fully saturated rings. The average molecular weight is 610 g/mol. The van der Waals surface area contributed by atoms with Crippen LogP contribution in [0.5, 0.6) is 0 Å². The second kappa shape index (κ2) is 11.3. The van der Waals surface area contributed by atoms with E-state index >= 15 is 0 Å². The second-order valence-corrected chi connectivity index (χ2v) is 19.0. The summed E-state index contributed by atoms with van der Waals surface area (Å²) in [5.41, 5.74) is 1.75. The molecule has 10 heteroatoms. The Morgan fingerprint density at radius 2 is 1.63 bits per heavy atom. The lowest BCUT2D eigenvalue weighted by Gasteiger charge is -2.40. The third-order valence-electron chi connectivity index (χ3n) is 9.03. The highest BCUT2D eigenvalue weighted by Crippen LogP contribution is 2.47. The second-order valence-electron chi connectivity index (χ2n) is 14.3. The van der Waals surface area contributed by atoms with E-state index in [1.165, 1.54) is 12.1 Å². The van der Waals surface area contributed by atoms with E-state index in [-0.39, 0.29) is 29.9 Å². The van der Waals surface area contributed by atoms with Gasteiger partial charge in [-0.05, 0) is 68.2 Å². The molecule has 3 aromatic rings. The Morgan fingerprint density at radius 3 is 2.28 bits per heavy atom. The summed E-state index contributed by atoms with van der Waals surface area (Å²) in [4.78, 5) is 34.3. The number of nitrogens with zero attached hydrogens (tertiary/aromatic N) is 2. The monoisotopic (exact) mass is 609 g/mol. The first kappa shape index (κ1) is 31.1. The quantitative estimate of drug-likeness (QED) is 0.304. The van der Waals surface area contributed by atoms with Gasteiger partial charge in [-0.1, -0.05) is 51.1 Å². The predicted octanol–water partition coefficient (Wildman–Crippen LogP) is 7.42. The van der Waals surface area contributed by atoms with Crippen LogP contribution in [0.15, 0.2) is 54.7 Å². The number of aromatic amines is 1. The van der Waals surface area contributed by atoms with E-state index < -0.39 is 44.3 Å². The van der Waals surface area contributed by atoms with Gasteiger partial charge in [0.15, 0.2) is 8.32 Å². The summed E-state index contributed by atoms with van der Waals surface area (Å²) in [6.45, 7) is 17.1. The van der Waals surface area contributed by atoms with Crippen LogP contribution in [-0.2, 0) is 20.5 Å². The number of aromatic nitrogens is 1. The molecular formula is C33H44FN3O5Si. The first-order valence-corrected chi connectivity index (χ1v) is 17.9. The highest BCUT2D eigenvalue weighted by atomic mass is 28.4. The predicted molar refractivity (Wildman–Crippen MR) is 167 cm³/mol. The molecule has 2 saturated heterocycles. The molecule has 8 nitrogen and oxygen atoms in total. The van der Waals surface area contributed by atoms with Gasteiger partial charge in [0.05, 0.1) is 24.7 Å². The highest BCUT2D eigenvalue weighted by Gasteiger charge is 2.60. The highest BCUT2D eigenvalue weighted by molar-refractivity contribution is 6.74. The maximum Gasteiger partial charge on any atom is 0.410 e. The van der Waals surface area contributed by atoms with Gasteiger partial charge in [0.2, 0.25) is 0 Å². The number of benzene rings is 2. The van der Waals surface area contributed by atoms with E-state index in [1.807, 2.05) is 57.3 Å². The molecule has 0 spiro atoms. The van der Waals surface area contributed by atoms with Crippen LogP contribution >= 0.6 is 0 Å². The molecule has 0 bridgehead atoms. The number of hydrogen-bond acceptors (Lipinski definition) is 5. The van der Waals surface area contributed by atoms with Crippen molar-refractivity contribution in [1.29, 1.82) is 0 Å². The van der Waals surface area contributed by atoms with Crippen LogP contribution in [0.1, 0.15) is 58.6 Å². The molecule has 1 aromatic heterocycles. The molecular weight excluding hydrogens is 565 g/mol. The van der Waals surface area contributed by atoms with Crippen LogP contribution in [0.4, 0.5) is 14.0 Å². The molecule has 4 atom stereocenters. The zero-order valence-electron chi connectivity index (χ0n) is 26.4. The fourth-order valence-electron chi connectivity index (χ4n) is 6.00. The zero-order chi connectivity index (χ0) is 31.3. The van der Waals surface area contributed by atoms with Crippen LogP contribution in [0.25, 0.3) is 10.9 Å². The molecule has 0 radical (unpaired) electrons. The Hall–Kier alpha value is -3.37. The van der Waals surface area contributed by atoms with Crippen molar-refractivity contribution in [2.24, 2.45) is 0 Å². The molecule has 2 aliphatic rings. The summed E-state index contributed by atoms with van der Waals surface area (Å²) in [6.07, 6.45) is 0.525. The number of carbonyl (C=O) groups excluding carboxylic acids is 2. The number of likely N-dealkylation sites (tertiary alicyclic amines) is 2. The number of hydrogen-bond donors (Lipinski definition) is 1. The SMILES string of the molecule is CC(C)(C)OC(=O)N1C[C@@H](O[Si](C)(C)C(C)(C)C)[C@@H]2[C@H]1[C@H](c1c[nH]c3cc(F)ccc13)CN2C(=O)OCc1ccccc1. The smallest absolute Gasteiger partial charge is 0.410 e. The number of carbonyl (C=O) groups is 2. The van der Waals surface area contributed by atoms with Crippen molar-refractivity contribution in [1.82, 2.24) is 14.8 Å². The Labute approximate surface area is 254 Å². The zero-order valence-corrected chi connectivity index (χ0v) is 27.4. The molecule has 2 aromatic carbocycles. The van der Waals surface area contributed by atoms with E-state index in [1.54, 1.807) is 15.9 Å². The van der Waals surface area contributed by atoms with Crippen molar-refractivity contribution in [3.05, 3.63) is 71.7 Å². The fraction of sp³-hybridized carbons (Fsp3) is 0.515. The minimum absolute atomic E-state index is 0.0839. The summed E-state index contributed by atoms with van der Waals surface area (Å²) < 4.78 is 32.8. The van der Waals surface area contributed by atoms with Gasteiger partial charge >= 0.3 is 12.2 Å². The lowest BCUT2D eigenvalue weighted by Crippen LogP contribution is -2.51. The molecule has 5 rings (SSSR count). The Balaban J connectivity index is 1.56. The van der Waals surface area contributed by atoms with Crippen LogP contribution in [0.2, 0.25) is 18.1 Å². The Bertz CT molecular complexity index is 1480. The van der Waals surface area contributed by atoms with Crippen molar-refractivity contribution >= 4 is 31.4 Å². The lowest BCUT2D eigenvalue weighted by molar-refractivity contribution is 0.0199. The van der Waals surface area contributed by atoms with Gasteiger partial charge in [0, 0.05) is 29.6 Å². The first-order valence-electron chi connectivity index (χ1n) is 15.0. The maximum absolute atomic E-state index is 14.1. The largest absolute Gasteiger partial charge is 0.445 e. The molecule has 2 amide bonds. The van der Waals surface area contributed by atoms with Gasteiger partial charge < -0.3 is 18.9 Å². The molecule has 0 aliphatic carbocycles. The number of rotatable bonds is 5. The normalized spacial score (nSPS) is 22.6. The topological polar surface area (TPSA) is 84.1 Å². The van der Waals surface area contributed by atoms with Crippen molar-refractivity contribution in [2.75, 3.05) is 13.1 Å². The minimum atomic E-state index is -2.32. The third kappa shape index (κ3) is 6.31. The molecule has 3 heterocycles. The number of nitrogens with one attached hydrogen (secondary N) is 1. The van der Waals surface area contributed by atoms with Gasteiger partial charge in [-0.3, -0.25) is 9.80 Å². The minimum Gasteiger partial charge on any atom is -0.445 e. The van der Waals surface area contributed by atoms with Crippen LogP contribution in [-0.4, -0.2) is 72.2 Å². The van der Waals surface area contributed by atoms with Crippen LogP contribution < -0.4 is 0 Å². The fourth-order valence-corrected chi connectivity index (χ4v) is 7.32. The van der Waals surface area contributed by atoms with E-state index in [9.17, 15) is 14.0 Å². The van der Waals surface area contributed by atoms with Gasteiger partial charge in [0.25, 0.3) is 0 Å². The first-order chi connectivity index (χ1) is 20.1. The van der Waals surface area contributed by atoms with Crippen LogP contribution in [0.3, 0.4) is 0 Å². The van der Waals surface area contributed by atoms with Crippen molar-refractivity contribution in [3.8, 4) is 0 Å². The standard InChI is InChI=1S/C33H44FN3O5Si/c1-32(2,3)41-31(39)37-19-27(42-43(7,8)33(4,5)6)29-28(37)25(24-17-35-26-16-22(34)14-15-23(24)26)18-36(29)30(38)40-20-21-12-10-9-11-13-21/h9-17,25,27-29,35H,18-20H2,1-8H3/t25-,27+,28+,29+/m0/s1. The Morgan fingerprint density at radius 1 is 0.953 bits per heavy atom. The number of ether oxygens (including phenoxy) is 2. The summed E-state index contributed by atoms with van der Waals surface area (Å²) in [6, 6.07) is 13.3. The summed E-state index contributed by atoms with van der Waals surface area (Å²) in [5, 5.41) is 0.766. The maximum atomic E-state index is 14.1. The van der Waals surface area contributed by atoms with Gasteiger partial charge in [-0.2, -0.15) is 0 Å².